The molecular formula is C13H13BrClN3O. The van der Waals surface area contributed by atoms with Crippen LogP contribution in [0.5, 0.6) is 0 Å². The van der Waals surface area contributed by atoms with Crippen LogP contribution in [0.2, 0.25) is 5.02 Å². The van der Waals surface area contributed by atoms with E-state index in [-0.39, 0.29) is 5.60 Å². The zero-order valence-electron chi connectivity index (χ0n) is 10.2. The van der Waals surface area contributed by atoms with Gasteiger partial charge >= 0.3 is 0 Å². The fraction of sp³-hybridized carbons (Fsp3) is 0.385. The second kappa shape index (κ2) is 5.23. The molecule has 0 saturated carbocycles. The molecule has 1 aliphatic rings. The van der Waals surface area contributed by atoms with Crippen LogP contribution in [0.25, 0.3) is 0 Å². The number of halogens is 2. The Balaban J connectivity index is 1.95. The second-order valence-corrected chi connectivity index (χ2v) is 6.44. The standard InChI is InChI=1S/C13H13BrClN3O/c14-11-5-13(19-6-11,7-18-9-16-8-17-18)10-1-3-12(15)4-2-10/h1-4,8-9,11H,5-7H2. The third kappa shape index (κ3) is 2.68. The average molecular weight is 343 g/mol. The fourth-order valence-corrected chi connectivity index (χ4v) is 3.24. The Morgan fingerprint density at radius 3 is 2.79 bits per heavy atom. The lowest BCUT2D eigenvalue weighted by atomic mass is 9.91. The highest BCUT2D eigenvalue weighted by molar-refractivity contribution is 9.09. The van der Waals surface area contributed by atoms with E-state index < -0.39 is 0 Å². The van der Waals surface area contributed by atoms with Crippen molar-refractivity contribution >= 4 is 27.5 Å². The van der Waals surface area contributed by atoms with Gasteiger partial charge in [0.15, 0.2) is 0 Å². The Bertz CT molecular complexity index is 546. The number of rotatable bonds is 3. The number of hydrogen-bond donors (Lipinski definition) is 0. The van der Waals surface area contributed by atoms with Crippen molar-refractivity contribution in [1.82, 2.24) is 14.8 Å². The van der Waals surface area contributed by atoms with Crippen molar-refractivity contribution in [3.05, 3.63) is 47.5 Å². The van der Waals surface area contributed by atoms with Gasteiger partial charge in [-0.05, 0) is 24.1 Å². The Morgan fingerprint density at radius 2 is 2.21 bits per heavy atom. The third-order valence-electron chi connectivity index (χ3n) is 3.35. The molecule has 100 valence electrons. The molecule has 0 radical (unpaired) electrons. The minimum atomic E-state index is -0.369. The van der Waals surface area contributed by atoms with E-state index in [2.05, 4.69) is 26.0 Å². The quantitative estimate of drug-likeness (QED) is 0.805. The average Bonchev–Trinajstić information content (AvgIpc) is 3.01. The molecule has 0 spiro atoms. The van der Waals surface area contributed by atoms with E-state index in [1.807, 2.05) is 24.3 Å². The Morgan fingerprint density at radius 1 is 1.42 bits per heavy atom. The summed E-state index contributed by atoms with van der Waals surface area (Å²) in [5.74, 6) is 0. The summed E-state index contributed by atoms with van der Waals surface area (Å²) >= 11 is 9.59. The number of nitrogens with zero attached hydrogens (tertiary/aromatic N) is 3. The van der Waals surface area contributed by atoms with Gasteiger partial charge in [0.25, 0.3) is 0 Å². The normalized spacial score (nSPS) is 26.7. The first-order valence-electron chi connectivity index (χ1n) is 6.04. The van der Waals surface area contributed by atoms with Crippen molar-refractivity contribution in [2.75, 3.05) is 6.61 Å². The Kier molecular flexibility index (Phi) is 3.60. The molecule has 1 aliphatic heterocycles. The van der Waals surface area contributed by atoms with Crippen molar-refractivity contribution in [3.8, 4) is 0 Å². The first-order valence-corrected chi connectivity index (χ1v) is 7.34. The molecule has 2 unspecified atom stereocenters. The lowest BCUT2D eigenvalue weighted by molar-refractivity contribution is -0.0169. The molecule has 6 heteroatoms. The highest BCUT2D eigenvalue weighted by Crippen LogP contribution is 2.40. The predicted molar refractivity (Wildman–Crippen MR) is 76.4 cm³/mol. The van der Waals surface area contributed by atoms with Crippen LogP contribution in [0, 0.1) is 0 Å². The minimum absolute atomic E-state index is 0.353. The molecule has 2 aromatic rings. The molecule has 0 aliphatic carbocycles. The monoisotopic (exact) mass is 341 g/mol. The first kappa shape index (κ1) is 13.1. The fourth-order valence-electron chi connectivity index (χ4n) is 2.46. The van der Waals surface area contributed by atoms with Crippen LogP contribution in [0.4, 0.5) is 0 Å². The topological polar surface area (TPSA) is 39.9 Å². The molecule has 1 saturated heterocycles. The van der Waals surface area contributed by atoms with E-state index in [0.717, 1.165) is 17.0 Å². The summed E-state index contributed by atoms with van der Waals surface area (Å²) in [6.45, 7) is 1.34. The number of benzene rings is 1. The molecule has 3 rings (SSSR count). The molecule has 2 heterocycles. The largest absolute Gasteiger partial charge is 0.367 e. The van der Waals surface area contributed by atoms with Crippen LogP contribution in [-0.4, -0.2) is 26.2 Å². The summed E-state index contributed by atoms with van der Waals surface area (Å²) in [6.07, 6.45) is 4.15. The number of alkyl halides is 1. The summed E-state index contributed by atoms with van der Waals surface area (Å²) in [7, 11) is 0. The number of aromatic nitrogens is 3. The van der Waals surface area contributed by atoms with E-state index in [4.69, 9.17) is 16.3 Å². The van der Waals surface area contributed by atoms with Gasteiger partial charge in [-0.1, -0.05) is 39.7 Å². The van der Waals surface area contributed by atoms with Gasteiger partial charge in [0.05, 0.1) is 13.2 Å². The molecule has 0 amide bonds. The van der Waals surface area contributed by atoms with Crippen LogP contribution in [0.3, 0.4) is 0 Å². The highest BCUT2D eigenvalue weighted by atomic mass is 79.9. The molecule has 1 fully saturated rings. The van der Waals surface area contributed by atoms with E-state index in [1.54, 1.807) is 11.0 Å². The second-order valence-electron chi connectivity index (χ2n) is 4.71. The Labute approximate surface area is 124 Å². The molecule has 0 N–H and O–H groups in total. The number of hydrogen-bond acceptors (Lipinski definition) is 3. The van der Waals surface area contributed by atoms with Crippen LogP contribution < -0.4 is 0 Å². The molecule has 2 atom stereocenters. The maximum absolute atomic E-state index is 6.07. The van der Waals surface area contributed by atoms with Gasteiger partial charge in [0.1, 0.15) is 18.3 Å². The SMILES string of the molecule is Clc1ccc(C2(Cn3cncn3)CC(Br)CO2)cc1. The molecule has 1 aromatic carbocycles. The van der Waals surface area contributed by atoms with Crippen LogP contribution >= 0.6 is 27.5 Å². The van der Waals surface area contributed by atoms with Crippen LogP contribution in [-0.2, 0) is 16.9 Å². The Hall–Kier alpha value is -0.910. The van der Waals surface area contributed by atoms with Gasteiger partial charge in [-0.15, -0.1) is 0 Å². The molecule has 19 heavy (non-hydrogen) atoms. The molecule has 4 nitrogen and oxygen atoms in total. The maximum Gasteiger partial charge on any atom is 0.137 e. The summed E-state index contributed by atoms with van der Waals surface area (Å²) in [6, 6.07) is 7.82. The zero-order chi connectivity index (χ0) is 13.3. The molecule has 0 bridgehead atoms. The maximum atomic E-state index is 6.07. The van der Waals surface area contributed by atoms with Gasteiger partial charge in [0, 0.05) is 9.85 Å². The molecule has 1 aromatic heterocycles. The highest BCUT2D eigenvalue weighted by Gasteiger charge is 2.41. The van der Waals surface area contributed by atoms with Crippen LogP contribution in [0.1, 0.15) is 12.0 Å². The van der Waals surface area contributed by atoms with Crippen molar-refractivity contribution in [2.24, 2.45) is 0 Å². The minimum Gasteiger partial charge on any atom is -0.367 e. The van der Waals surface area contributed by atoms with Crippen molar-refractivity contribution in [3.63, 3.8) is 0 Å². The summed E-state index contributed by atoms with van der Waals surface area (Å²) in [5, 5.41) is 4.91. The van der Waals surface area contributed by atoms with Gasteiger partial charge in [-0.2, -0.15) is 5.10 Å². The molecular weight excluding hydrogens is 330 g/mol. The van der Waals surface area contributed by atoms with Crippen molar-refractivity contribution in [1.29, 1.82) is 0 Å². The van der Waals surface area contributed by atoms with Gasteiger partial charge in [0.2, 0.25) is 0 Å². The van der Waals surface area contributed by atoms with Crippen LogP contribution in [0.15, 0.2) is 36.9 Å². The van der Waals surface area contributed by atoms with E-state index in [9.17, 15) is 0 Å². The number of ether oxygens (including phenoxy) is 1. The smallest absolute Gasteiger partial charge is 0.137 e. The van der Waals surface area contributed by atoms with E-state index in [0.29, 0.717) is 18.0 Å². The first-order chi connectivity index (χ1) is 9.18. The lowest BCUT2D eigenvalue weighted by Gasteiger charge is -2.28. The van der Waals surface area contributed by atoms with Crippen molar-refractivity contribution in [2.45, 2.75) is 23.4 Å². The third-order valence-corrected chi connectivity index (χ3v) is 4.19. The summed E-state index contributed by atoms with van der Waals surface area (Å²) in [5.41, 5.74) is 0.751. The van der Waals surface area contributed by atoms with Gasteiger partial charge in [-0.3, -0.25) is 0 Å². The van der Waals surface area contributed by atoms with E-state index in [1.165, 1.54) is 6.33 Å². The summed E-state index contributed by atoms with van der Waals surface area (Å²) < 4.78 is 7.88. The lowest BCUT2D eigenvalue weighted by Crippen LogP contribution is -2.31. The van der Waals surface area contributed by atoms with Gasteiger partial charge in [-0.25, -0.2) is 9.67 Å². The van der Waals surface area contributed by atoms with Gasteiger partial charge < -0.3 is 4.74 Å². The zero-order valence-corrected chi connectivity index (χ0v) is 12.5. The van der Waals surface area contributed by atoms with E-state index >= 15 is 0 Å². The summed E-state index contributed by atoms with van der Waals surface area (Å²) in [4.78, 5) is 4.34. The van der Waals surface area contributed by atoms with Crippen molar-refractivity contribution < 1.29 is 4.74 Å². The predicted octanol–water partition coefficient (Wildman–Crippen LogP) is 3.01.